The predicted octanol–water partition coefficient (Wildman–Crippen LogP) is 5.84. The Labute approximate surface area is 282 Å². The van der Waals surface area contributed by atoms with Gasteiger partial charge in [0.1, 0.15) is 0 Å². The number of carbonyl (C=O) groups is 2. The zero-order valence-corrected chi connectivity index (χ0v) is 29.0. The topological polar surface area (TPSA) is 109 Å². The Balaban J connectivity index is 1.28. The molecule has 10 heteroatoms. The average Bonchev–Trinajstić information content (AvgIpc) is 3.07. The number of benzene rings is 3. The van der Waals surface area contributed by atoms with Crippen LogP contribution in [0.25, 0.3) is 11.3 Å². The summed E-state index contributed by atoms with van der Waals surface area (Å²) in [5, 5.41) is 6.18. The summed E-state index contributed by atoms with van der Waals surface area (Å²) in [5.74, 6) is -0.0583. The van der Waals surface area contributed by atoms with E-state index in [9.17, 15) is 14.4 Å². The van der Waals surface area contributed by atoms with E-state index in [2.05, 4.69) is 41.3 Å². The second-order valence-electron chi connectivity index (χ2n) is 13.5. The number of amides is 2. The zero-order chi connectivity index (χ0) is 34.6. The fourth-order valence-corrected chi connectivity index (χ4v) is 5.77. The van der Waals surface area contributed by atoms with E-state index in [-0.39, 0.29) is 34.7 Å². The lowest BCUT2D eigenvalue weighted by Gasteiger charge is -2.35. The molecule has 1 saturated heterocycles. The molecule has 0 aliphatic carbocycles. The SMILES string of the molecule is COC(C)CN1CCN(C(=O)c2ccc(Nc3nc(-c4cccc(NC(=O)c5ccc(C(C)(C)C)cc5)c4C)cn(C)c3=O)cc2)CC1. The van der Waals surface area contributed by atoms with Gasteiger partial charge in [-0.2, -0.15) is 0 Å². The number of nitrogens with one attached hydrogen (secondary N) is 2. The van der Waals surface area contributed by atoms with Crippen LogP contribution in [0.4, 0.5) is 17.2 Å². The third-order valence-corrected chi connectivity index (χ3v) is 8.91. The number of nitrogens with zero attached hydrogens (tertiary/aromatic N) is 4. The first-order chi connectivity index (χ1) is 22.8. The van der Waals surface area contributed by atoms with Crippen LogP contribution < -0.4 is 16.2 Å². The highest BCUT2D eigenvalue weighted by atomic mass is 16.5. The van der Waals surface area contributed by atoms with Gasteiger partial charge in [-0.05, 0) is 72.9 Å². The van der Waals surface area contributed by atoms with Crippen molar-refractivity contribution in [2.24, 2.45) is 7.05 Å². The number of methoxy groups -OCH3 is 1. The number of hydrogen-bond donors (Lipinski definition) is 2. The van der Waals surface area contributed by atoms with E-state index in [0.29, 0.717) is 41.3 Å². The molecular formula is C38H46N6O4. The van der Waals surface area contributed by atoms with Gasteiger partial charge < -0.3 is 24.8 Å². The maximum absolute atomic E-state index is 13.2. The van der Waals surface area contributed by atoms with Crippen molar-refractivity contribution >= 4 is 29.0 Å². The Morgan fingerprint density at radius 2 is 1.58 bits per heavy atom. The Bertz CT molecular complexity index is 1820. The fourth-order valence-electron chi connectivity index (χ4n) is 5.77. The quantitative estimate of drug-likeness (QED) is 0.234. The van der Waals surface area contributed by atoms with Gasteiger partial charge >= 0.3 is 0 Å². The van der Waals surface area contributed by atoms with Crippen molar-refractivity contribution < 1.29 is 14.3 Å². The molecule has 0 saturated carbocycles. The molecule has 4 aromatic rings. The Morgan fingerprint density at radius 1 is 0.938 bits per heavy atom. The predicted molar refractivity (Wildman–Crippen MR) is 191 cm³/mol. The minimum absolute atomic E-state index is 0.00126. The van der Waals surface area contributed by atoms with Crippen molar-refractivity contribution in [3.05, 3.63) is 106 Å². The third-order valence-electron chi connectivity index (χ3n) is 8.91. The number of aryl methyl sites for hydroxylation is 1. The van der Waals surface area contributed by atoms with E-state index in [1.807, 2.05) is 61.2 Å². The largest absolute Gasteiger partial charge is 0.380 e. The maximum atomic E-state index is 13.2. The summed E-state index contributed by atoms with van der Waals surface area (Å²) in [5.41, 5.74) is 5.52. The molecule has 252 valence electrons. The van der Waals surface area contributed by atoms with Crippen LogP contribution in [0, 0.1) is 6.92 Å². The van der Waals surface area contributed by atoms with Gasteiger partial charge in [-0.15, -0.1) is 0 Å². The van der Waals surface area contributed by atoms with Crippen LogP contribution in [-0.2, 0) is 17.2 Å². The van der Waals surface area contributed by atoms with Crippen LogP contribution in [0.2, 0.25) is 0 Å². The van der Waals surface area contributed by atoms with E-state index in [1.54, 1.807) is 44.6 Å². The molecule has 48 heavy (non-hydrogen) atoms. The van der Waals surface area contributed by atoms with Gasteiger partial charge in [0.25, 0.3) is 17.4 Å². The molecule has 1 aliphatic rings. The summed E-state index contributed by atoms with van der Waals surface area (Å²) in [6.45, 7) is 14.2. The summed E-state index contributed by atoms with van der Waals surface area (Å²) in [4.78, 5) is 48.3. The van der Waals surface area contributed by atoms with E-state index in [4.69, 9.17) is 4.74 Å². The molecule has 0 bridgehead atoms. The monoisotopic (exact) mass is 650 g/mol. The van der Waals surface area contributed by atoms with Gasteiger partial charge in [0.05, 0.1) is 11.8 Å². The van der Waals surface area contributed by atoms with E-state index < -0.39 is 0 Å². The molecule has 0 radical (unpaired) electrons. The second-order valence-corrected chi connectivity index (χ2v) is 13.5. The number of ether oxygens (including phenoxy) is 1. The van der Waals surface area contributed by atoms with Gasteiger partial charge in [-0.25, -0.2) is 4.98 Å². The lowest BCUT2D eigenvalue weighted by Crippen LogP contribution is -2.50. The lowest BCUT2D eigenvalue weighted by molar-refractivity contribution is 0.0443. The average molecular weight is 651 g/mol. The molecule has 0 spiro atoms. The fraction of sp³-hybridized carbons (Fsp3) is 0.368. The molecule has 10 nitrogen and oxygen atoms in total. The summed E-state index contributed by atoms with van der Waals surface area (Å²) in [6, 6.07) is 20.4. The third kappa shape index (κ3) is 8.00. The highest BCUT2D eigenvalue weighted by Gasteiger charge is 2.23. The van der Waals surface area contributed by atoms with Crippen LogP contribution in [0.1, 0.15) is 59.5 Å². The number of aromatic nitrogens is 2. The summed E-state index contributed by atoms with van der Waals surface area (Å²) >= 11 is 0. The zero-order valence-electron chi connectivity index (χ0n) is 29.0. The van der Waals surface area contributed by atoms with Crippen molar-refractivity contribution in [1.82, 2.24) is 19.4 Å². The molecule has 3 aromatic carbocycles. The Morgan fingerprint density at radius 3 is 2.21 bits per heavy atom. The second kappa shape index (κ2) is 14.5. The first kappa shape index (κ1) is 34.5. The Hall–Kier alpha value is -4.80. The molecule has 2 N–H and O–H groups in total. The van der Waals surface area contributed by atoms with E-state index in [1.165, 1.54) is 4.57 Å². The van der Waals surface area contributed by atoms with Gasteiger partial charge in [-0.3, -0.25) is 19.3 Å². The number of carbonyl (C=O) groups excluding carboxylic acids is 2. The number of piperazine rings is 1. The Kier molecular flexibility index (Phi) is 10.5. The van der Waals surface area contributed by atoms with Crippen molar-refractivity contribution in [1.29, 1.82) is 0 Å². The first-order valence-electron chi connectivity index (χ1n) is 16.3. The highest BCUT2D eigenvalue weighted by Crippen LogP contribution is 2.29. The van der Waals surface area contributed by atoms with Crippen molar-refractivity contribution in [2.45, 2.75) is 46.1 Å². The van der Waals surface area contributed by atoms with Gasteiger partial charge in [0, 0.05) is 81.1 Å². The number of rotatable bonds is 9. The molecule has 5 rings (SSSR count). The number of hydrogen-bond acceptors (Lipinski definition) is 7. The van der Waals surface area contributed by atoms with Crippen molar-refractivity contribution in [2.75, 3.05) is 50.5 Å². The van der Waals surface area contributed by atoms with E-state index >= 15 is 0 Å². The van der Waals surface area contributed by atoms with Crippen LogP contribution >= 0.6 is 0 Å². The van der Waals surface area contributed by atoms with Gasteiger partial charge in [-0.1, -0.05) is 45.0 Å². The highest BCUT2D eigenvalue weighted by molar-refractivity contribution is 6.05. The standard InChI is InChI=1S/C38H46N6O4/c1-25(48-7)23-43-19-21-44(22-20-43)36(46)28-13-17-30(18-14-28)39-34-37(47)42(6)24-33(40-34)31-9-8-10-32(26(31)2)41-35(45)27-11-15-29(16-12-27)38(3,4)5/h8-18,24-25H,19-23H2,1-7H3,(H,39,40)(H,41,45). The van der Waals surface area contributed by atoms with Crippen LogP contribution in [0.3, 0.4) is 0 Å². The normalized spacial score (nSPS) is 14.4. The minimum atomic E-state index is -0.291. The maximum Gasteiger partial charge on any atom is 0.293 e. The first-order valence-corrected chi connectivity index (χ1v) is 16.3. The number of anilines is 3. The smallest absolute Gasteiger partial charge is 0.293 e. The van der Waals surface area contributed by atoms with Crippen LogP contribution in [0.15, 0.2) is 77.7 Å². The summed E-state index contributed by atoms with van der Waals surface area (Å²) < 4.78 is 6.86. The van der Waals surface area contributed by atoms with Crippen LogP contribution in [-0.4, -0.2) is 77.1 Å². The van der Waals surface area contributed by atoms with E-state index in [0.717, 1.165) is 36.3 Å². The molecule has 1 fully saturated rings. The molecule has 1 atom stereocenters. The molecule has 2 amide bonds. The minimum Gasteiger partial charge on any atom is -0.380 e. The summed E-state index contributed by atoms with van der Waals surface area (Å²) in [7, 11) is 3.39. The van der Waals surface area contributed by atoms with Crippen molar-refractivity contribution in [3.63, 3.8) is 0 Å². The molecule has 1 aliphatic heterocycles. The van der Waals surface area contributed by atoms with Gasteiger partial charge in [0.15, 0.2) is 5.82 Å². The molecule has 1 aromatic heterocycles. The molecular weight excluding hydrogens is 604 g/mol. The lowest BCUT2D eigenvalue weighted by atomic mass is 9.86. The van der Waals surface area contributed by atoms with Crippen molar-refractivity contribution in [3.8, 4) is 11.3 Å². The molecule has 1 unspecified atom stereocenters. The van der Waals surface area contributed by atoms with Crippen LogP contribution in [0.5, 0.6) is 0 Å². The molecule has 2 heterocycles. The van der Waals surface area contributed by atoms with Gasteiger partial charge in [0.2, 0.25) is 0 Å². The summed E-state index contributed by atoms with van der Waals surface area (Å²) in [6.07, 6.45) is 1.84.